The average molecular weight is 281 g/mol. The Morgan fingerprint density at radius 3 is 2.58 bits per heavy atom. The first-order valence-corrected chi connectivity index (χ1v) is 7.93. The van der Waals surface area contributed by atoms with Crippen molar-refractivity contribution in [2.24, 2.45) is 0 Å². The zero-order chi connectivity index (χ0) is 13.7. The summed E-state index contributed by atoms with van der Waals surface area (Å²) in [5.41, 5.74) is -0.683. The molecule has 0 atom stereocenters. The van der Waals surface area contributed by atoms with Gasteiger partial charge < -0.3 is 10.4 Å². The Morgan fingerprint density at radius 1 is 1.32 bits per heavy atom. The highest BCUT2D eigenvalue weighted by molar-refractivity contribution is 7.12. The van der Waals surface area contributed by atoms with Crippen LogP contribution >= 0.6 is 11.3 Å². The molecule has 0 aromatic carbocycles. The van der Waals surface area contributed by atoms with Crippen molar-refractivity contribution >= 4 is 17.2 Å². The monoisotopic (exact) mass is 281 g/mol. The Kier molecular flexibility index (Phi) is 4.99. The average Bonchev–Trinajstić information content (AvgIpc) is 2.64. The van der Waals surface area contributed by atoms with E-state index in [0.717, 1.165) is 30.6 Å². The van der Waals surface area contributed by atoms with Crippen molar-refractivity contribution in [1.82, 2.24) is 5.32 Å². The SMILES string of the molecule is Cc1ccc(CC(=O)NCC2(O)CCCCCC2)s1. The molecule has 1 aromatic heterocycles. The molecule has 0 aliphatic heterocycles. The van der Waals surface area contributed by atoms with Crippen molar-refractivity contribution in [3.63, 3.8) is 0 Å². The summed E-state index contributed by atoms with van der Waals surface area (Å²) >= 11 is 1.66. The summed E-state index contributed by atoms with van der Waals surface area (Å²) < 4.78 is 0. The molecule has 1 aliphatic rings. The number of aliphatic hydroxyl groups is 1. The quantitative estimate of drug-likeness (QED) is 0.834. The lowest BCUT2D eigenvalue weighted by Crippen LogP contribution is -2.43. The van der Waals surface area contributed by atoms with Gasteiger partial charge in [0.05, 0.1) is 12.0 Å². The van der Waals surface area contributed by atoms with Crippen LogP contribution in [-0.2, 0) is 11.2 Å². The van der Waals surface area contributed by atoms with Gasteiger partial charge in [0.25, 0.3) is 0 Å². The van der Waals surface area contributed by atoms with Gasteiger partial charge in [0.1, 0.15) is 0 Å². The van der Waals surface area contributed by atoms with Crippen LogP contribution in [0.5, 0.6) is 0 Å². The number of thiophene rings is 1. The summed E-state index contributed by atoms with van der Waals surface area (Å²) in [4.78, 5) is 14.2. The fourth-order valence-corrected chi connectivity index (χ4v) is 3.52. The molecule has 1 aromatic rings. The van der Waals surface area contributed by atoms with E-state index in [2.05, 4.69) is 5.32 Å². The largest absolute Gasteiger partial charge is 0.388 e. The predicted octanol–water partition coefficient (Wildman–Crippen LogP) is 2.80. The lowest BCUT2D eigenvalue weighted by Gasteiger charge is -2.26. The van der Waals surface area contributed by atoms with Crippen LogP contribution in [0.15, 0.2) is 12.1 Å². The number of amides is 1. The molecule has 0 spiro atoms. The van der Waals surface area contributed by atoms with Crippen LogP contribution in [-0.4, -0.2) is 23.2 Å². The van der Waals surface area contributed by atoms with Gasteiger partial charge >= 0.3 is 0 Å². The minimum Gasteiger partial charge on any atom is -0.388 e. The van der Waals surface area contributed by atoms with Gasteiger partial charge in [0, 0.05) is 16.3 Å². The number of hydrogen-bond donors (Lipinski definition) is 2. The van der Waals surface area contributed by atoms with Crippen LogP contribution in [0, 0.1) is 6.92 Å². The molecular formula is C15H23NO2S. The van der Waals surface area contributed by atoms with Gasteiger partial charge in [0.2, 0.25) is 5.91 Å². The standard InChI is InChI=1S/C15H23NO2S/c1-12-6-7-13(19-12)10-14(17)16-11-15(18)8-4-2-3-5-9-15/h6-7,18H,2-5,8-11H2,1H3,(H,16,17). The first-order valence-electron chi connectivity index (χ1n) is 7.12. The van der Waals surface area contributed by atoms with E-state index < -0.39 is 5.60 Å². The topological polar surface area (TPSA) is 49.3 Å². The molecular weight excluding hydrogens is 258 g/mol. The predicted molar refractivity (Wildman–Crippen MR) is 78.4 cm³/mol. The van der Waals surface area contributed by atoms with Crippen LogP contribution in [0.3, 0.4) is 0 Å². The zero-order valence-corrected chi connectivity index (χ0v) is 12.4. The zero-order valence-electron chi connectivity index (χ0n) is 11.6. The van der Waals surface area contributed by atoms with Crippen molar-refractivity contribution < 1.29 is 9.90 Å². The minimum atomic E-state index is -0.683. The third kappa shape index (κ3) is 4.62. The second kappa shape index (κ2) is 6.53. The Morgan fingerprint density at radius 2 is 2.00 bits per heavy atom. The molecule has 1 aliphatic carbocycles. The molecule has 1 saturated carbocycles. The van der Waals surface area contributed by atoms with Gasteiger partial charge in [-0.25, -0.2) is 0 Å². The third-order valence-corrected chi connectivity index (χ3v) is 4.78. The Bertz CT molecular complexity index is 420. The van der Waals surface area contributed by atoms with E-state index in [4.69, 9.17) is 0 Å². The summed E-state index contributed by atoms with van der Waals surface area (Å²) in [5, 5.41) is 13.4. The molecule has 0 bridgehead atoms. The number of carbonyl (C=O) groups excluding carboxylic acids is 1. The minimum absolute atomic E-state index is 0.0134. The van der Waals surface area contributed by atoms with Crippen molar-refractivity contribution in [1.29, 1.82) is 0 Å². The normalized spacial score (nSPS) is 18.8. The van der Waals surface area contributed by atoms with Gasteiger partial charge in [-0.3, -0.25) is 4.79 Å². The van der Waals surface area contributed by atoms with Crippen LogP contribution in [0.25, 0.3) is 0 Å². The lowest BCUT2D eigenvalue weighted by atomic mass is 9.94. The fourth-order valence-electron chi connectivity index (χ4n) is 2.63. The van der Waals surface area contributed by atoms with E-state index in [1.54, 1.807) is 11.3 Å². The Labute approximate surface area is 119 Å². The van der Waals surface area contributed by atoms with E-state index >= 15 is 0 Å². The molecule has 0 radical (unpaired) electrons. The van der Waals surface area contributed by atoms with Crippen molar-refractivity contribution in [3.8, 4) is 0 Å². The Balaban J connectivity index is 1.79. The first-order chi connectivity index (χ1) is 9.07. The van der Waals surface area contributed by atoms with Gasteiger partial charge in [0.15, 0.2) is 0 Å². The maximum Gasteiger partial charge on any atom is 0.225 e. The summed E-state index contributed by atoms with van der Waals surface area (Å²) in [6.07, 6.45) is 6.58. The smallest absolute Gasteiger partial charge is 0.225 e. The molecule has 2 rings (SSSR count). The maximum absolute atomic E-state index is 11.9. The number of rotatable bonds is 4. The highest BCUT2D eigenvalue weighted by Crippen LogP contribution is 2.26. The van der Waals surface area contributed by atoms with Crippen LogP contribution in [0.1, 0.15) is 48.3 Å². The second-order valence-corrected chi connectivity index (χ2v) is 6.98. The van der Waals surface area contributed by atoms with Crippen molar-refractivity contribution in [2.75, 3.05) is 6.54 Å². The van der Waals surface area contributed by atoms with Crippen molar-refractivity contribution in [3.05, 3.63) is 21.9 Å². The highest BCUT2D eigenvalue weighted by Gasteiger charge is 2.28. The molecule has 2 N–H and O–H groups in total. The molecule has 1 heterocycles. The number of carbonyl (C=O) groups is 1. The van der Waals surface area contributed by atoms with E-state index in [-0.39, 0.29) is 5.91 Å². The summed E-state index contributed by atoms with van der Waals surface area (Å²) in [6.45, 7) is 2.44. The van der Waals surface area contributed by atoms with Crippen LogP contribution in [0.4, 0.5) is 0 Å². The molecule has 0 saturated heterocycles. The molecule has 4 heteroatoms. The summed E-state index contributed by atoms with van der Waals surface area (Å²) in [7, 11) is 0. The number of hydrogen-bond acceptors (Lipinski definition) is 3. The number of aryl methyl sites for hydroxylation is 1. The fraction of sp³-hybridized carbons (Fsp3) is 0.667. The van der Waals surface area contributed by atoms with Gasteiger partial charge in [-0.2, -0.15) is 0 Å². The Hall–Kier alpha value is -0.870. The molecule has 106 valence electrons. The van der Waals surface area contributed by atoms with Crippen LogP contribution in [0.2, 0.25) is 0 Å². The summed E-state index contributed by atoms with van der Waals surface area (Å²) in [5.74, 6) is 0.0134. The lowest BCUT2D eigenvalue weighted by molar-refractivity contribution is -0.121. The molecule has 19 heavy (non-hydrogen) atoms. The first kappa shape index (κ1) is 14.5. The molecule has 1 amide bonds. The van der Waals surface area contributed by atoms with E-state index in [1.165, 1.54) is 17.7 Å². The summed E-state index contributed by atoms with van der Waals surface area (Å²) in [6, 6.07) is 4.03. The molecule has 1 fully saturated rings. The molecule has 0 unspecified atom stereocenters. The second-order valence-electron chi connectivity index (χ2n) is 5.60. The van der Waals surface area contributed by atoms with Gasteiger partial charge in [-0.1, -0.05) is 25.7 Å². The highest BCUT2D eigenvalue weighted by atomic mass is 32.1. The van der Waals surface area contributed by atoms with E-state index in [0.29, 0.717) is 13.0 Å². The van der Waals surface area contributed by atoms with Crippen molar-refractivity contribution in [2.45, 2.75) is 57.5 Å². The number of nitrogens with one attached hydrogen (secondary N) is 1. The van der Waals surface area contributed by atoms with Gasteiger partial charge in [-0.05, 0) is 31.9 Å². The van der Waals surface area contributed by atoms with Gasteiger partial charge in [-0.15, -0.1) is 11.3 Å². The maximum atomic E-state index is 11.9. The third-order valence-electron chi connectivity index (χ3n) is 3.78. The van der Waals surface area contributed by atoms with Crippen LogP contribution < -0.4 is 5.32 Å². The van der Waals surface area contributed by atoms with E-state index in [9.17, 15) is 9.90 Å². The molecule has 3 nitrogen and oxygen atoms in total. The van der Waals surface area contributed by atoms with E-state index in [1.807, 2.05) is 19.1 Å².